The summed E-state index contributed by atoms with van der Waals surface area (Å²) >= 11 is 3.70. The summed E-state index contributed by atoms with van der Waals surface area (Å²) in [6.07, 6.45) is 8.27. The molecule has 0 radical (unpaired) electrons. The maximum Gasteiger partial charge on any atom is 0.0731 e. The van der Waals surface area contributed by atoms with E-state index in [9.17, 15) is 0 Å². The average Bonchev–Trinajstić information content (AvgIpc) is 3.28. The standard InChI is InChI=1S/C18H26BrNO/c1-13-3-2-4-17(9-13)21-12-15-6-5-14(10-18(15)19)11-20-16-7-8-16/h5-6,10,13,16-17,20H,2-4,7-9,11-12H2,1H3. The van der Waals surface area contributed by atoms with E-state index < -0.39 is 0 Å². The normalized spacial score (nSPS) is 26.0. The highest BCUT2D eigenvalue weighted by Crippen LogP contribution is 2.28. The molecule has 3 rings (SSSR count). The van der Waals surface area contributed by atoms with E-state index in [4.69, 9.17) is 4.74 Å². The molecule has 21 heavy (non-hydrogen) atoms. The van der Waals surface area contributed by atoms with Gasteiger partial charge in [-0.25, -0.2) is 0 Å². The summed E-state index contributed by atoms with van der Waals surface area (Å²) in [5.74, 6) is 0.822. The van der Waals surface area contributed by atoms with E-state index in [1.807, 2.05) is 0 Å². The Labute approximate surface area is 136 Å². The second kappa shape index (κ2) is 7.26. The highest BCUT2D eigenvalue weighted by atomic mass is 79.9. The third kappa shape index (κ3) is 4.80. The van der Waals surface area contributed by atoms with Crippen LogP contribution < -0.4 is 5.32 Å². The predicted molar refractivity (Wildman–Crippen MR) is 90.2 cm³/mol. The third-order valence-corrected chi connectivity index (χ3v) is 5.39. The maximum absolute atomic E-state index is 6.12. The summed E-state index contributed by atoms with van der Waals surface area (Å²) in [4.78, 5) is 0. The van der Waals surface area contributed by atoms with Crippen molar-refractivity contribution in [2.75, 3.05) is 0 Å². The van der Waals surface area contributed by atoms with Gasteiger partial charge in [-0.1, -0.05) is 47.8 Å². The zero-order chi connectivity index (χ0) is 14.7. The number of rotatable bonds is 6. The van der Waals surface area contributed by atoms with E-state index in [1.54, 1.807) is 0 Å². The van der Waals surface area contributed by atoms with Gasteiger partial charge in [-0.05, 0) is 48.8 Å². The highest BCUT2D eigenvalue weighted by molar-refractivity contribution is 9.10. The molecule has 2 saturated carbocycles. The molecule has 3 heteroatoms. The molecule has 1 N–H and O–H groups in total. The summed E-state index contributed by atoms with van der Waals surface area (Å²) in [7, 11) is 0. The molecule has 0 amide bonds. The van der Waals surface area contributed by atoms with Crippen LogP contribution in [0.25, 0.3) is 0 Å². The van der Waals surface area contributed by atoms with Gasteiger partial charge in [0, 0.05) is 17.1 Å². The molecule has 2 nitrogen and oxygen atoms in total. The van der Waals surface area contributed by atoms with E-state index in [1.165, 1.54) is 54.1 Å². The summed E-state index contributed by atoms with van der Waals surface area (Å²) in [5.41, 5.74) is 2.62. The van der Waals surface area contributed by atoms with Crippen molar-refractivity contribution in [1.82, 2.24) is 5.32 Å². The molecular weight excluding hydrogens is 326 g/mol. The Morgan fingerprint density at radius 1 is 1.24 bits per heavy atom. The van der Waals surface area contributed by atoms with Crippen LogP contribution in [-0.2, 0) is 17.9 Å². The number of benzene rings is 1. The van der Waals surface area contributed by atoms with Crippen LogP contribution in [0.1, 0.15) is 56.6 Å². The van der Waals surface area contributed by atoms with Crippen molar-refractivity contribution in [3.05, 3.63) is 33.8 Å². The molecular formula is C18H26BrNO. The van der Waals surface area contributed by atoms with Gasteiger partial charge < -0.3 is 10.1 Å². The SMILES string of the molecule is CC1CCCC(OCc2ccc(CNC3CC3)cc2Br)C1. The van der Waals surface area contributed by atoms with Crippen LogP contribution in [0.4, 0.5) is 0 Å². The lowest BCUT2D eigenvalue weighted by atomic mass is 9.89. The van der Waals surface area contributed by atoms with Crippen LogP contribution in [0.5, 0.6) is 0 Å². The Hall–Kier alpha value is -0.380. The minimum atomic E-state index is 0.455. The van der Waals surface area contributed by atoms with Gasteiger partial charge >= 0.3 is 0 Å². The molecule has 2 unspecified atom stereocenters. The number of nitrogens with one attached hydrogen (secondary N) is 1. The van der Waals surface area contributed by atoms with E-state index in [0.717, 1.165) is 25.1 Å². The molecule has 1 aromatic rings. The molecule has 2 aliphatic rings. The lowest BCUT2D eigenvalue weighted by Crippen LogP contribution is -2.21. The fourth-order valence-corrected chi connectivity index (χ4v) is 3.65. The Kier molecular flexibility index (Phi) is 5.36. The number of hydrogen-bond donors (Lipinski definition) is 1. The summed E-state index contributed by atoms with van der Waals surface area (Å²) in [6, 6.07) is 7.43. The second-order valence-corrected chi connectivity index (χ2v) is 7.64. The van der Waals surface area contributed by atoms with Crippen molar-refractivity contribution in [2.24, 2.45) is 5.92 Å². The summed E-state index contributed by atoms with van der Waals surface area (Å²) in [6.45, 7) is 4.05. The monoisotopic (exact) mass is 351 g/mol. The van der Waals surface area contributed by atoms with E-state index in [0.29, 0.717) is 6.10 Å². The van der Waals surface area contributed by atoms with Gasteiger partial charge in [0.15, 0.2) is 0 Å². The molecule has 0 saturated heterocycles. The first kappa shape index (κ1) is 15.5. The Morgan fingerprint density at radius 2 is 2.10 bits per heavy atom. The summed E-state index contributed by atoms with van der Waals surface area (Å²) in [5, 5.41) is 3.56. The van der Waals surface area contributed by atoms with Gasteiger partial charge in [0.1, 0.15) is 0 Å². The van der Waals surface area contributed by atoms with Crippen LogP contribution in [-0.4, -0.2) is 12.1 Å². The number of hydrogen-bond acceptors (Lipinski definition) is 2. The molecule has 2 atom stereocenters. The minimum absolute atomic E-state index is 0.455. The van der Waals surface area contributed by atoms with Crippen molar-refractivity contribution < 1.29 is 4.74 Å². The van der Waals surface area contributed by atoms with Crippen molar-refractivity contribution in [1.29, 1.82) is 0 Å². The van der Waals surface area contributed by atoms with Crippen molar-refractivity contribution >= 4 is 15.9 Å². The van der Waals surface area contributed by atoms with Crippen LogP contribution in [0.3, 0.4) is 0 Å². The lowest BCUT2D eigenvalue weighted by molar-refractivity contribution is 0.00443. The average molecular weight is 352 g/mol. The van der Waals surface area contributed by atoms with Crippen molar-refractivity contribution in [2.45, 2.75) is 70.7 Å². The van der Waals surface area contributed by atoms with Crippen LogP contribution in [0.2, 0.25) is 0 Å². The summed E-state index contributed by atoms with van der Waals surface area (Å²) < 4.78 is 7.30. The van der Waals surface area contributed by atoms with Crippen LogP contribution in [0, 0.1) is 5.92 Å². The molecule has 2 aliphatic carbocycles. The van der Waals surface area contributed by atoms with Gasteiger partial charge in [-0.15, -0.1) is 0 Å². The van der Waals surface area contributed by atoms with E-state index >= 15 is 0 Å². The highest BCUT2D eigenvalue weighted by Gasteiger charge is 2.21. The quantitative estimate of drug-likeness (QED) is 0.794. The third-order valence-electron chi connectivity index (χ3n) is 4.65. The van der Waals surface area contributed by atoms with E-state index in [2.05, 4.69) is 46.4 Å². The topological polar surface area (TPSA) is 21.3 Å². The molecule has 0 aliphatic heterocycles. The lowest BCUT2D eigenvalue weighted by Gasteiger charge is -2.27. The first-order valence-electron chi connectivity index (χ1n) is 8.33. The van der Waals surface area contributed by atoms with Gasteiger partial charge in [0.2, 0.25) is 0 Å². The molecule has 1 aromatic carbocycles. The Morgan fingerprint density at radius 3 is 2.81 bits per heavy atom. The first-order chi connectivity index (χ1) is 10.2. The smallest absolute Gasteiger partial charge is 0.0731 e. The fraction of sp³-hybridized carbons (Fsp3) is 0.667. The van der Waals surface area contributed by atoms with Crippen molar-refractivity contribution in [3.63, 3.8) is 0 Å². The molecule has 0 heterocycles. The number of halogens is 1. The first-order valence-corrected chi connectivity index (χ1v) is 9.12. The Bertz CT molecular complexity index is 472. The fourth-order valence-electron chi connectivity index (χ4n) is 3.10. The molecule has 0 bridgehead atoms. The van der Waals surface area contributed by atoms with Gasteiger partial charge in [-0.3, -0.25) is 0 Å². The molecule has 0 spiro atoms. The van der Waals surface area contributed by atoms with Crippen molar-refractivity contribution in [3.8, 4) is 0 Å². The van der Waals surface area contributed by atoms with Gasteiger partial charge in [0.05, 0.1) is 12.7 Å². The maximum atomic E-state index is 6.12. The zero-order valence-electron chi connectivity index (χ0n) is 12.9. The minimum Gasteiger partial charge on any atom is -0.373 e. The second-order valence-electron chi connectivity index (χ2n) is 6.79. The van der Waals surface area contributed by atoms with Gasteiger partial charge in [-0.2, -0.15) is 0 Å². The molecule has 0 aromatic heterocycles. The Balaban J connectivity index is 1.50. The van der Waals surface area contributed by atoms with Gasteiger partial charge in [0.25, 0.3) is 0 Å². The van der Waals surface area contributed by atoms with Crippen LogP contribution in [0.15, 0.2) is 22.7 Å². The van der Waals surface area contributed by atoms with Crippen LogP contribution >= 0.6 is 15.9 Å². The largest absolute Gasteiger partial charge is 0.373 e. The van der Waals surface area contributed by atoms with E-state index in [-0.39, 0.29) is 0 Å². The predicted octanol–water partition coefficient (Wildman–Crippen LogP) is 4.80. The number of ether oxygens (including phenoxy) is 1. The molecule has 2 fully saturated rings. The zero-order valence-corrected chi connectivity index (χ0v) is 14.5. The molecule has 116 valence electrons.